The van der Waals surface area contributed by atoms with Crippen LogP contribution in [0.2, 0.25) is 0 Å². The van der Waals surface area contributed by atoms with Gasteiger partial charge in [-0.15, -0.1) is 10.2 Å². The second-order valence-electron chi connectivity index (χ2n) is 7.97. The largest absolute Gasteiger partial charge is 0.465 e. The Kier molecular flexibility index (Phi) is 7.61. The molecule has 0 N–H and O–H groups in total. The van der Waals surface area contributed by atoms with Gasteiger partial charge in [0.25, 0.3) is 0 Å². The molecule has 7 heteroatoms. The average molecular weight is 439 g/mol. The summed E-state index contributed by atoms with van der Waals surface area (Å²) in [5, 5.41) is 10.0. The molecule has 1 fully saturated rings. The van der Waals surface area contributed by atoms with Gasteiger partial charge in [-0.1, -0.05) is 42.1 Å². The maximum atomic E-state index is 5.91. The molecule has 0 aliphatic carbocycles. The van der Waals surface area contributed by atoms with E-state index in [0.717, 1.165) is 61.6 Å². The second-order valence-corrected chi connectivity index (χ2v) is 8.92. The SMILES string of the molecule is Cc1ccccc1CSc1nnc(CN(C)C/C=C/c2ccco2)n1C[C@H]1CCCO1. The quantitative estimate of drug-likeness (QED) is 0.424. The Hall–Kier alpha value is -2.35. The van der Waals surface area contributed by atoms with E-state index in [1.54, 1.807) is 18.0 Å². The minimum absolute atomic E-state index is 0.247. The van der Waals surface area contributed by atoms with Crippen molar-refractivity contribution in [3.8, 4) is 0 Å². The molecule has 0 bridgehead atoms. The fourth-order valence-electron chi connectivity index (χ4n) is 3.67. The van der Waals surface area contributed by atoms with Crippen LogP contribution in [0.5, 0.6) is 0 Å². The standard InChI is InChI=1S/C24H30N4O2S/c1-19-8-3-4-9-20(19)18-31-24-26-25-23(28(24)16-22-12-7-15-30-22)17-27(2)13-5-10-21-11-6-14-29-21/h3-6,8-11,14,22H,7,12-13,15-18H2,1-2H3/b10-5+/t22-/m1/s1. The molecule has 3 heterocycles. The van der Waals surface area contributed by atoms with Gasteiger partial charge in [-0.25, -0.2) is 0 Å². The Labute approximate surface area is 188 Å². The monoisotopic (exact) mass is 438 g/mol. The smallest absolute Gasteiger partial charge is 0.191 e. The van der Waals surface area contributed by atoms with E-state index in [4.69, 9.17) is 9.15 Å². The normalized spacial score (nSPS) is 16.7. The van der Waals surface area contributed by atoms with Gasteiger partial charge < -0.3 is 13.7 Å². The molecule has 1 aliphatic rings. The molecule has 0 amide bonds. The summed E-state index contributed by atoms with van der Waals surface area (Å²) < 4.78 is 13.5. The van der Waals surface area contributed by atoms with Crippen molar-refractivity contribution in [2.75, 3.05) is 20.2 Å². The van der Waals surface area contributed by atoms with Crippen LogP contribution in [0.25, 0.3) is 6.08 Å². The van der Waals surface area contributed by atoms with E-state index >= 15 is 0 Å². The van der Waals surface area contributed by atoms with Gasteiger partial charge >= 0.3 is 0 Å². The molecule has 6 nitrogen and oxygen atoms in total. The predicted molar refractivity (Wildman–Crippen MR) is 124 cm³/mol. The number of rotatable bonds is 10. The summed E-state index contributed by atoms with van der Waals surface area (Å²) in [7, 11) is 2.09. The molecule has 1 saturated heterocycles. The molecule has 0 saturated carbocycles. The molecule has 4 rings (SSSR count). The Bertz CT molecular complexity index is 977. The van der Waals surface area contributed by atoms with Gasteiger partial charge in [0.2, 0.25) is 0 Å². The van der Waals surface area contributed by atoms with Gasteiger partial charge in [0.1, 0.15) is 11.6 Å². The second kappa shape index (κ2) is 10.8. The van der Waals surface area contributed by atoms with Gasteiger partial charge in [0.05, 0.1) is 25.5 Å². The highest BCUT2D eigenvalue weighted by Crippen LogP contribution is 2.26. The summed E-state index contributed by atoms with van der Waals surface area (Å²) in [6, 6.07) is 12.4. The zero-order chi connectivity index (χ0) is 21.5. The highest BCUT2D eigenvalue weighted by Gasteiger charge is 2.21. The highest BCUT2D eigenvalue weighted by molar-refractivity contribution is 7.98. The van der Waals surface area contributed by atoms with Gasteiger partial charge in [-0.05, 0) is 56.1 Å². The first-order valence-electron chi connectivity index (χ1n) is 10.8. The van der Waals surface area contributed by atoms with Crippen molar-refractivity contribution >= 4 is 17.8 Å². The number of benzene rings is 1. The molecule has 1 atom stereocenters. The van der Waals surface area contributed by atoms with Gasteiger partial charge in [0.15, 0.2) is 5.16 Å². The van der Waals surface area contributed by atoms with Gasteiger partial charge in [0, 0.05) is 18.9 Å². The van der Waals surface area contributed by atoms with E-state index in [9.17, 15) is 0 Å². The number of ether oxygens (including phenoxy) is 1. The van der Waals surface area contributed by atoms with Crippen LogP contribution in [-0.2, 0) is 23.6 Å². The summed E-state index contributed by atoms with van der Waals surface area (Å²) in [4.78, 5) is 2.23. The van der Waals surface area contributed by atoms with Crippen molar-refractivity contribution < 1.29 is 9.15 Å². The first-order valence-corrected chi connectivity index (χ1v) is 11.8. The van der Waals surface area contributed by atoms with Crippen LogP contribution in [0, 0.1) is 6.92 Å². The zero-order valence-electron chi connectivity index (χ0n) is 18.2. The molecule has 164 valence electrons. The van der Waals surface area contributed by atoms with Gasteiger partial charge in [-0.3, -0.25) is 4.90 Å². The third kappa shape index (κ3) is 6.09. The molecular weight excluding hydrogens is 408 g/mol. The van der Waals surface area contributed by atoms with Crippen LogP contribution in [0.4, 0.5) is 0 Å². The topological polar surface area (TPSA) is 56.3 Å². The summed E-state index contributed by atoms with van der Waals surface area (Å²) in [6.45, 7) is 5.36. The lowest BCUT2D eigenvalue weighted by Crippen LogP contribution is -2.23. The van der Waals surface area contributed by atoms with Crippen LogP contribution in [0.3, 0.4) is 0 Å². The summed E-state index contributed by atoms with van der Waals surface area (Å²) in [5.74, 6) is 2.74. The number of aryl methyl sites for hydroxylation is 1. The van der Waals surface area contributed by atoms with Crippen LogP contribution in [0.15, 0.2) is 58.3 Å². The molecular formula is C24H30N4O2S. The van der Waals surface area contributed by atoms with E-state index in [-0.39, 0.29) is 6.10 Å². The van der Waals surface area contributed by atoms with Crippen molar-refractivity contribution in [2.45, 2.75) is 49.9 Å². The number of aromatic nitrogens is 3. The Balaban J connectivity index is 1.43. The third-order valence-corrected chi connectivity index (χ3v) is 6.49. The van der Waals surface area contributed by atoms with Crippen molar-refractivity contribution in [1.82, 2.24) is 19.7 Å². The fraction of sp³-hybridized carbons (Fsp3) is 0.417. The number of thioether (sulfide) groups is 1. The minimum Gasteiger partial charge on any atom is -0.465 e. The Morgan fingerprint density at radius 2 is 2.13 bits per heavy atom. The van der Waals surface area contributed by atoms with Crippen molar-refractivity contribution in [2.24, 2.45) is 0 Å². The molecule has 2 aromatic heterocycles. The van der Waals surface area contributed by atoms with Crippen molar-refractivity contribution in [3.05, 3.63) is 71.4 Å². The minimum atomic E-state index is 0.247. The third-order valence-electron chi connectivity index (χ3n) is 5.48. The Morgan fingerprint density at radius 3 is 2.90 bits per heavy atom. The maximum Gasteiger partial charge on any atom is 0.191 e. The Morgan fingerprint density at radius 1 is 1.23 bits per heavy atom. The lowest BCUT2D eigenvalue weighted by atomic mass is 10.1. The fourth-order valence-corrected chi connectivity index (χ4v) is 4.72. The summed E-state index contributed by atoms with van der Waals surface area (Å²) >= 11 is 1.75. The zero-order valence-corrected chi connectivity index (χ0v) is 19.1. The molecule has 0 radical (unpaired) electrons. The summed E-state index contributed by atoms with van der Waals surface area (Å²) in [6.07, 6.45) is 8.26. The van der Waals surface area contributed by atoms with Crippen molar-refractivity contribution in [1.29, 1.82) is 0 Å². The van der Waals surface area contributed by atoms with E-state index in [1.165, 1.54) is 11.1 Å². The van der Waals surface area contributed by atoms with E-state index in [2.05, 4.69) is 64.0 Å². The summed E-state index contributed by atoms with van der Waals surface area (Å²) in [5.41, 5.74) is 2.64. The first kappa shape index (κ1) is 21.9. The van der Waals surface area contributed by atoms with E-state index < -0.39 is 0 Å². The van der Waals surface area contributed by atoms with Crippen LogP contribution in [0.1, 0.15) is 35.6 Å². The lowest BCUT2D eigenvalue weighted by molar-refractivity contribution is 0.0935. The predicted octanol–water partition coefficient (Wildman–Crippen LogP) is 4.80. The molecule has 31 heavy (non-hydrogen) atoms. The molecule has 1 aromatic carbocycles. The van der Waals surface area contributed by atoms with E-state index in [0.29, 0.717) is 0 Å². The maximum absolute atomic E-state index is 5.91. The highest BCUT2D eigenvalue weighted by atomic mass is 32.2. The average Bonchev–Trinajstić information content (AvgIpc) is 3.52. The van der Waals surface area contributed by atoms with Crippen molar-refractivity contribution in [3.63, 3.8) is 0 Å². The lowest BCUT2D eigenvalue weighted by Gasteiger charge is -2.18. The molecule has 0 spiro atoms. The molecule has 0 unspecified atom stereocenters. The van der Waals surface area contributed by atoms with Crippen LogP contribution < -0.4 is 0 Å². The molecule has 3 aromatic rings. The van der Waals surface area contributed by atoms with E-state index in [1.807, 2.05) is 18.2 Å². The first-order chi connectivity index (χ1) is 15.2. The van der Waals surface area contributed by atoms with Crippen LogP contribution in [-0.4, -0.2) is 46.0 Å². The number of furan rings is 1. The number of nitrogens with zero attached hydrogens (tertiary/aromatic N) is 4. The number of hydrogen-bond donors (Lipinski definition) is 0. The van der Waals surface area contributed by atoms with Crippen LogP contribution >= 0.6 is 11.8 Å². The number of likely N-dealkylation sites (N-methyl/N-ethyl adjacent to an activating group) is 1. The van der Waals surface area contributed by atoms with Gasteiger partial charge in [-0.2, -0.15) is 0 Å². The number of hydrogen-bond acceptors (Lipinski definition) is 6. The molecule has 1 aliphatic heterocycles.